The van der Waals surface area contributed by atoms with E-state index in [0.29, 0.717) is 13.0 Å². The average molecular weight is 266 g/mol. The lowest BCUT2D eigenvalue weighted by Gasteiger charge is -2.35. The van der Waals surface area contributed by atoms with Crippen LogP contribution in [-0.4, -0.2) is 39.5 Å². The number of hydrogen-bond acceptors (Lipinski definition) is 3. The number of carboxylic acid groups (broad SMARTS) is 1. The third-order valence-electron chi connectivity index (χ3n) is 3.25. The van der Waals surface area contributed by atoms with Crippen LogP contribution in [0.5, 0.6) is 0 Å². The van der Waals surface area contributed by atoms with Crippen molar-refractivity contribution in [2.75, 3.05) is 6.54 Å². The average Bonchev–Trinajstić information content (AvgIpc) is 2.38. The van der Waals surface area contributed by atoms with Gasteiger partial charge < -0.3 is 10.0 Å². The van der Waals surface area contributed by atoms with Crippen molar-refractivity contribution in [1.29, 1.82) is 0 Å². The summed E-state index contributed by atoms with van der Waals surface area (Å²) in [6.45, 7) is 0.507. The second-order valence-corrected chi connectivity index (χ2v) is 4.64. The highest BCUT2D eigenvalue weighted by Crippen LogP contribution is 2.22. The monoisotopic (exact) mass is 266 g/mol. The summed E-state index contributed by atoms with van der Waals surface area (Å²) in [5, 5.41) is 8.87. The summed E-state index contributed by atoms with van der Waals surface area (Å²) in [5.74, 6) is -1.85. The van der Waals surface area contributed by atoms with Crippen molar-refractivity contribution in [2.24, 2.45) is 0 Å². The Labute approximate surface area is 110 Å². The Bertz CT molecular complexity index is 493. The van der Waals surface area contributed by atoms with Crippen LogP contribution in [-0.2, 0) is 4.79 Å². The first-order valence-electron chi connectivity index (χ1n) is 6.21. The number of amides is 1. The number of hydrogen-bond donors (Lipinski definition) is 1. The van der Waals surface area contributed by atoms with E-state index in [1.807, 2.05) is 0 Å². The zero-order valence-electron chi connectivity index (χ0n) is 10.4. The second-order valence-electron chi connectivity index (χ2n) is 4.64. The topological polar surface area (TPSA) is 70.5 Å². The molecular formula is C13H15FN2O3. The molecule has 0 saturated carbocycles. The van der Waals surface area contributed by atoms with Crippen LogP contribution in [0.15, 0.2) is 18.5 Å². The number of carboxylic acids is 1. The van der Waals surface area contributed by atoms with Gasteiger partial charge in [-0.1, -0.05) is 0 Å². The molecule has 1 fully saturated rings. The second kappa shape index (κ2) is 5.77. The molecule has 0 bridgehead atoms. The van der Waals surface area contributed by atoms with Gasteiger partial charge in [-0.25, -0.2) is 4.39 Å². The van der Waals surface area contributed by atoms with Crippen molar-refractivity contribution in [3.8, 4) is 0 Å². The molecule has 6 heteroatoms. The smallest absolute Gasteiger partial charge is 0.305 e. The van der Waals surface area contributed by atoms with Gasteiger partial charge in [0, 0.05) is 18.8 Å². The molecule has 102 valence electrons. The highest BCUT2D eigenvalue weighted by molar-refractivity contribution is 5.94. The normalized spacial score (nSPS) is 19.2. The third-order valence-corrected chi connectivity index (χ3v) is 3.25. The minimum absolute atomic E-state index is 0.0749. The van der Waals surface area contributed by atoms with Crippen LogP contribution in [0.1, 0.15) is 36.0 Å². The fourth-order valence-electron chi connectivity index (χ4n) is 2.38. The molecule has 0 unspecified atom stereocenters. The number of piperidine rings is 1. The summed E-state index contributed by atoms with van der Waals surface area (Å²) < 4.78 is 13.1. The van der Waals surface area contributed by atoms with Crippen molar-refractivity contribution in [3.63, 3.8) is 0 Å². The summed E-state index contributed by atoms with van der Waals surface area (Å²) in [7, 11) is 0. The zero-order chi connectivity index (χ0) is 13.8. The van der Waals surface area contributed by atoms with E-state index in [0.717, 1.165) is 25.1 Å². The van der Waals surface area contributed by atoms with Crippen molar-refractivity contribution >= 4 is 11.9 Å². The molecule has 5 nitrogen and oxygen atoms in total. The van der Waals surface area contributed by atoms with Gasteiger partial charge in [-0.05, 0) is 25.3 Å². The number of aliphatic carboxylic acids is 1. The van der Waals surface area contributed by atoms with E-state index in [1.54, 1.807) is 0 Å². The van der Waals surface area contributed by atoms with E-state index in [9.17, 15) is 14.0 Å². The molecule has 2 rings (SSSR count). The first-order chi connectivity index (χ1) is 9.08. The molecule has 2 heterocycles. The van der Waals surface area contributed by atoms with Gasteiger partial charge in [0.2, 0.25) is 0 Å². The number of rotatable bonds is 3. The van der Waals surface area contributed by atoms with Gasteiger partial charge in [0.1, 0.15) is 5.82 Å². The van der Waals surface area contributed by atoms with Crippen LogP contribution in [0.25, 0.3) is 0 Å². The highest BCUT2D eigenvalue weighted by atomic mass is 19.1. The molecule has 1 amide bonds. The maximum absolute atomic E-state index is 13.1. The SMILES string of the molecule is O=C(O)C[C@H]1CCCCN1C(=O)c1cncc(F)c1. The lowest BCUT2D eigenvalue weighted by molar-refractivity contribution is -0.138. The van der Waals surface area contributed by atoms with Crippen LogP contribution < -0.4 is 0 Å². The number of carbonyl (C=O) groups is 2. The summed E-state index contributed by atoms with van der Waals surface area (Å²) in [4.78, 5) is 28.3. The lowest BCUT2D eigenvalue weighted by atomic mass is 9.98. The Kier molecular flexibility index (Phi) is 4.09. The Balaban J connectivity index is 2.17. The molecule has 1 N–H and O–H groups in total. The zero-order valence-corrected chi connectivity index (χ0v) is 10.4. The first-order valence-corrected chi connectivity index (χ1v) is 6.21. The van der Waals surface area contributed by atoms with Gasteiger partial charge in [0.05, 0.1) is 18.2 Å². The molecule has 1 aliphatic heterocycles. The molecule has 1 saturated heterocycles. The van der Waals surface area contributed by atoms with Crippen molar-refractivity contribution in [2.45, 2.75) is 31.7 Å². The van der Waals surface area contributed by atoms with Gasteiger partial charge in [-0.15, -0.1) is 0 Å². The summed E-state index contributed by atoms with van der Waals surface area (Å²) in [6, 6.07) is 0.809. The third kappa shape index (κ3) is 3.27. The Hall–Kier alpha value is -1.98. The minimum atomic E-state index is -0.929. The predicted molar refractivity (Wildman–Crippen MR) is 65.1 cm³/mol. The quantitative estimate of drug-likeness (QED) is 0.903. The van der Waals surface area contributed by atoms with Crippen LogP contribution in [0.4, 0.5) is 4.39 Å². The molecular weight excluding hydrogens is 251 g/mol. The summed E-state index contributed by atoms with van der Waals surface area (Å²) >= 11 is 0. The van der Waals surface area contributed by atoms with Gasteiger partial charge in [-0.3, -0.25) is 14.6 Å². The van der Waals surface area contributed by atoms with E-state index in [4.69, 9.17) is 5.11 Å². The highest BCUT2D eigenvalue weighted by Gasteiger charge is 2.29. The van der Waals surface area contributed by atoms with Gasteiger partial charge in [-0.2, -0.15) is 0 Å². The largest absolute Gasteiger partial charge is 0.481 e. The number of nitrogens with zero attached hydrogens (tertiary/aromatic N) is 2. The standard InChI is InChI=1S/C13H15FN2O3/c14-10-5-9(7-15-8-10)13(19)16-4-2-1-3-11(16)6-12(17)18/h5,7-8,11H,1-4,6H2,(H,17,18)/t11-/m1/s1. The molecule has 0 spiro atoms. The van der Waals surface area contributed by atoms with Crippen molar-refractivity contribution in [3.05, 3.63) is 29.8 Å². The molecule has 1 atom stereocenters. The van der Waals surface area contributed by atoms with Gasteiger partial charge in [0.15, 0.2) is 0 Å². The van der Waals surface area contributed by atoms with Crippen molar-refractivity contribution in [1.82, 2.24) is 9.88 Å². The maximum atomic E-state index is 13.1. The maximum Gasteiger partial charge on any atom is 0.305 e. The number of pyridine rings is 1. The minimum Gasteiger partial charge on any atom is -0.481 e. The van der Waals surface area contributed by atoms with E-state index in [1.165, 1.54) is 11.1 Å². The van der Waals surface area contributed by atoms with E-state index >= 15 is 0 Å². The molecule has 19 heavy (non-hydrogen) atoms. The Morgan fingerprint density at radius 1 is 1.42 bits per heavy atom. The molecule has 1 aliphatic rings. The fraction of sp³-hybridized carbons (Fsp3) is 0.462. The number of likely N-dealkylation sites (tertiary alicyclic amines) is 1. The molecule has 0 aromatic carbocycles. The van der Waals surface area contributed by atoms with Crippen LogP contribution in [0, 0.1) is 5.82 Å². The molecule has 1 aromatic rings. The summed E-state index contributed by atoms with van der Waals surface area (Å²) in [6.07, 6.45) is 4.67. The van der Waals surface area contributed by atoms with Gasteiger partial charge in [0.25, 0.3) is 5.91 Å². The van der Waals surface area contributed by atoms with E-state index in [-0.39, 0.29) is 23.9 Å². The van der Waals surface area contributed by atoms with E-state index < -0.39 is 11.8 Å². The van der Waals surface area contributed by atoms with Crippen LogP contribution in [0.2, 0.25) is 0 Å². The Morgan fingerprint density at radius 3 is 2.89 bits per heavy atom. The van der Waals surface area contributed by atoms with Crippen molar-refractivity contribution < 1.29 is 19.1 Å². The molecule has 0 radical (unpaired) electrons. The summed E-state index contributed by atoms with van der Waals surface area (Å²) in [5.41, 5.74) is 0.164. The van der Waals surface area contributed by atoms with Crippen LogP contribution in [0.3, 0.4) is 0 Å². The lowest BCUT2D eigenvalue weighted by Crippen LogP contribution is -2.44. The van der Waals surface area contributed by atoms with Crippen LogP contribution >= 0.6 is 0 Å². The fourth-order valence-corrected chi connectivity index (χ4v) is 2.38. The molecule has 1 aromatic heterocycles. The number of carbonyl (C=O) groups excluding carboxylic acids is 1. The number of aromatic nitrogens is 1. The first kappa shape index (κ1) is 13.5. The Morgan fingerprint density at radius 2 is 2.21 bits per heavy atom. The predicted octanol–water partition coefficient (Wildman–Crippen LogP) is 1.69. The number of halogens is 1. The van der Waals surface area contributed by atoms with Gasteiger partial charge >= 0.3 is 5.97 Å². The molecule has 0 aliphatic carbocycles. The van der Waals surface area contributed by atoms with E-state index in [2.05, 4.69) is 4.98 Å².